The molecule has 230 valence electrons. The van der Waals surface area contributed by atoms with Gasteiger partial charge in [-0.05, 0) is 68.3 Å². The Hall–Kier alpha value is -4.54. The van der Waals surface area contributed by atoms with Crippen molar-refractivity contribution in [1.82, 2.24) is 19.8 Å². The number of hydrogen-bond donors (Lipinski definition) is 0. The van der Waals surface area contributed by atoms with E-state index in [-0.39, 0.29) is 41.9 Å². The lowest BCUT2D eigenvalue weighted by atomic mass is 9.96. The third-order valence-electron chi connectivity index (χ3n) is 10.2. The van der Waals surface area contributed by atoms with Crippen LogP contribution in [0.2, 0.25) is 0 Å². The summed E-state index contributed by atoms with van der Waals surface area (Å²) in [6.45, 7) is 6.08. The molecule has 2 aromatic heterocycles. The van der Waals surface area contributed by atoms with Crippen LogP contribution in [0.3, 0.4) is 0 Å². The van der Waals surface area contributed by atoms with Crippen molar-refractivity contribution in [2.75, 3.05) is 44.7 Å². The Bertz CT molecular complexity index is 1780. The Labute approximate surface area is 262 Å². The molecule has 0 bridgehead atoms. The smallest absolute Gasteiger partial charge is 0.246 e. The second-order valence-electron chi connectivity index (χ2n) is 12.7. The van der Waals surface area contributed by atoms with E-state index in [0.29, 0.717) is 54.7 Å². The van der Waals surface area contributed by atoms with Crippen molar-refractivity contribution < 1.29 is 13.9 Å². The molecular formula is C35H36FN7O2. The summed E-state index contributed by atoms with van der Waals surface area (Å²) >= 11 is 0. The number of nitrogens with zero attached hydrogens (tertiary/aromatic N) is 7. The molecule has 1 aromatic carbocycles. The lowest BCUT2D eigenvalue weighted by molar-refractivity contribution is -0.128. The molecule has 4 heterocycles. The molecule has 9 nitrogen and oxygen atoms in total. The highest BCUT2D eigenvalue weighted by molar-refractivity contribution is 5.97. The Balaban J connectivity index is 1.37. The number of fused-ring (bicyclic) bond motifs is 4. The third kappa shape index (κ3) is 5.07. The number of anilines is 1. The highest BCUT2D eigenvalue weighted by atomic mass is 19.1. The molecule has 0 spiro atoms. The van der Waals surface area contributed by atoms with Crippen LogP contribution in [0.15, 0.2) is 37.1 Å². The number of aromatic nitrogens is 2. The zero-order valence-corrected chi connectivity index (χ0v) is 25.5. The van der Waals surface area contributed by atoms with Gasteiger partial charge in [0.15, 0.2) is 5.82 Å². The summed E-state index contributed by atoms with van der Waals surface area (Å²) in [5.41, 5.74) is 4.93. The van der Waals surface area contributed by atoms with Gasteiger partial charge in [0.1, 0.15) is 17.8 Å². The van der Waals surface area contributed by atoms with Gasteiger partial charge in [-0.1, -0.05) is 24.8 Å². The average molecular weight is 606 g/mol. The van der Waals surface area contributed by atoms with Crippen molar-refractivity contribution in [2.45, 2.75) is 56.5 Å². The Kier molecular flexibility index (Phi) is 7.63. The number of piperazine rings is 1. The summed E-state index contributed by atoms with van der Waals surface area (Å²) in [7, 11) is 2.07. The van der Waals surface area contributed by atoms with Gasteiger partial charge < -0.3 is 19.4 Å². The van der Waals surface area contributed by atoms with Gasteiger partial charge in [0.25, 0.3) is 0 Å². The van der Waals surface area contributed by atoms with Crippen LogP contribution in [-0.4, -0.2) is 77.6 Å². The van der Waals surface area contributed by atoms with E-state index in [0.717, 1.165) is 37.8 Å². The summed E-state index contributed by atoms with van der Waals surface area (Å²) in [5.74, 6) is 0.610. The zero-order chi connectivity index (χ0) is 31.2. The molecule has 1 saturated carbocycles. The monoisotopic (exact) mass is 605 g/mol. The number of nitriles is 2. The predicted octanol–water partition coefficient (Wildman–Crippen LogP) is 4.75. The van der Waals surface area contributed by atoms with E-state index in [4.69, 9.17) is 14.7 Å². The first-order chi connectivity index (χ1) is 21.9. The van der Waals surface area contributed by atoms with Gasteiger partial charge in [0.05, 0.1) is 42.3 Å². The van der Waals surface area contributed by atoms with Gasteiger partial charge in [-0.15, -0.1) is 0 Å². The van der Waals surface area contributed by atoms with Gasteiger partial charge in [-0.2, -0.15) is 10.5 Å². The molecule has 10 heteroatoms. The second kappa shape index (κ2) is 11.8. The summed E-state index contributed by atoms with van der Waals surface area (Å²) in [5, 5.41) is 20.0. The summed E-state index contributed by atoms with van der Waals surface area (Å²) in [6.07, 6.45) is 7.29. The van der Waals surface area contributed by atoms with E-state index < -0.39 is 11.9 Å². The minimum atomic E-state index is -0.508. The van der Waals surface area contributed by atoms with Gasteiger partial charge >= 0.3 is 0 Å². The van der Waals surface area contributed by atoms with E-state index in [2.05, 4.69) is 36.7 Å². The lowest BCUT2D eigenvalue weighted by Crippen LogP contribution is -2.55. The lowest BCUT2D eigenvalue weighted by Gasteiger charge is -2.42. The number of likely N-dealkylation sites (N-methyl/N-ethyl adjacent to an activating group) is 1. The molecule has 1 amide bonds. The van der Waals surface area contributed by atoms with Gasteiger partial charge in [0.2, 0.25) is 11.8 Å². The van der Waals surface area contributed by atoms with Crippen molar-refractivity contribution in [3.05, 3.63) is 59.6 Å². The van der Waals surface area contributed by atoms with Gasteiger partial charge in [-0.3, -0.25) is 9.78 Å². The molecule has 4 atom stereocenters. The number of halogens is 1. The average Bonchev–Trinajstić information content (AvgIpc) is 3.52. The molecule has 0 radical (unpaired) electrons. The molecule has 7 rings (SSSR count). The van der Waals surface area contributed by atoms with Gasteiger partial charge in [-0.25, -0.2) is 9.37 Å². The summed E-state index contributed by atoms with van der Waals surface area (Å²) < 4.78 is 23.2. The fourth-order valence-corrected chi connectivity index (χ4v) is 7.75. The second-order valence-corrected chi connectivity index (χ2v) is 12.7. The van der Waals surface area contributed by atoms with Crippen LogP contribution in [0.5, 0.6) is 5.88 Å². The minimum Gasteiger partial charge on any atom is -0.476 e. The first kappa shape index (κ1) is 29.2. The summed E-state index contributed by atoms with van der Waals surface area (Å²) in [6, 6.07) is 10.3. The summed E-state index contributed by atoms with van der Waals surface area (Å²) in [4.78, 5) is 28.1. The van der Waals surface area contributed by atoms with Crippen molar-refractivity contribution in [2.24, 2.45) is 5.92 Å². The SMILES string of the molecule is C=CC(=O)N1CCN(c2c(CC#N)c(OC[C@@H]3CCCN3C)nc3c(F)c(-c4cccc5c4C4CC4C5)ncc23)C[C@@H]1CC#N. The largest absolute Gasteiger partial charge is 0.476 e. The Morgan fingerprint density at radius 3 is 2.84 bits per heavy atom. The van der Waals surface area contributed by atoms with Gasteiger partial charge in [0, 0.05) is 42.8 Å². The number of carbonyl (C=O) groups is 1. The molecule has 45 heavy (non-hydrogen) atoms. The number of carbonyl (C=O) groups excluding carboxylic acids is 1. The zero-order valence-electron chi connectivity index (χ0n) is 25.5. The maximum absolute atomic E-state index is 16.8. The van der Waals surface area contributed by atoms with Crippen LogP contribution >= 0.6 is 0 Å². The molecule has 2 saturated heterocycles. The number of pyridine rings is 2. The van der Waals surface area contributed by atoms with Crippen LogP contribution in [0.4, 0.5) is 10.1 Å². The maximum Gasteiger partial charge on any atom is 0.246 e. The molecule has 3 fully saturated rings. The number of hydrogen-bond acceptors (Lipinski definition) is 8. The van der Waals surface area contributed by atoms with Crippen molar-refractivity contribution in [3.8, 4) is 29.3 Å². The minimum absolute atomic E-state index is 0.00145. The first-order valence-corrected chi connectivity index (χ1v) is 15.8. The van der Waals surface area contributed by atoms with Crippen LogP contribution in [0.1, 0.15) is 48.3 Å². The highest BCUT2D eigenvalue weighted by Crippen LogP contribution is 2.58. The Morgan fingerprint density at radius 1 is 1.22 bits per heavy atom. The number of benzene rings is 1. The van der Waals surface area contributed by atoms with E-state index in [9.17, 15) is 15.3 Å². The molecule has 3 aromatic rings. The van der Waals surface area contributed by atoms with Crippen molar-refractivity contribution in [3.63, 3.8) is 0 Å². The molecular weight excluding hydrogens is 569 g/mol. The van der Waals surface area contributed by atoms with Crippen LogP contribution in [0, 0.1) is 34.4 Å². The predicted molar refractivity (Wildman–Crippen MR) is 168 cm³/mol. The maximum atomic E-state index is 16.8. The van der Waals surface area contributed by atoms with Crippen LogP contribution < -0.4 is 9.64 Å². The molecule has 2 aliphatic heterocycles. The fraction of sp³-hybridized carbons (Fsp3) is 0.457. The van der Waals surface area contributed by atoms with Crippen LogP contribution in [0.25, 0.3) is 22.2 Å². The number of amides is 1. The number of ether oxygens (including phenoxy) is 1. The quantitative estimate of drug-likeness (QED) is 0.339. The van der Waals surface area contributed by atoms with E-state index in [1.54, 1.807) is 11.1 Å². The molecule has 4 aliphatic rings. The number of likely N-dealkylation sites (tertiary alicyclic amines) is 1. The van der Waals surface area contributed by atoms with E-state index >= 15 is 4.39 Å². The normalized spacial score (nSPS) is 23.7. The molecule has 2 aliphatic carbocycles. The number of rotatable bonds is 8. The van der Waals surface area contributed by atoms with Crippen LogP contribution in [-0.2, 0) is 17.6 Å². The van der Waals surface area contributed by atoms with Crippen molar-refractivity contribution >= 4 is 22.5 Å². The Morgan fingerprint density at radius 2 is 2.09 bits per heavy atom. The standard InChI is InChI=1S/C35H36FN7O2/c1-3-29(44)43-15-14-42(19-23(43)9-11-37)34-26(10-12-38)35(45-20-24-7-5-13-41(24)2)40-33-28(34)18-39-32(31(33)36)25-8-4-6-21-16-22-17-27(22)30(21)25/h3-4,6,8,18,22-24,27H,1,5,7,9-10,13-17,19-20H2,2H3/t22?,23-,24-,27?/m0/s1. The first-order valence-electron chi connectivity index (χ1n) is 15.8. The van der Waals surface area contributed by atoms with E-state index in [1.807, 2.05) is 17.0 Å². The topological polar surface area (TPSA) is 109 Å². The third-order valence-corrected chi connectivity index (χ3v) is 10.2. The molecule has 2 unspecified atom stereocenters. The van der Waals surface area contributed by atoms with E-state index in [1.165, 1.54) is 17.2 Å². The fourth-order valence-electron chi connectivity index (χ4n) is 7.75. The molecule has 0 N–H and O–H groups in total. The highest BCUT2D eigenvalue weighted by Gasteiger charge is 2.46. The van der Waals surface area contributed by atoms with Crippen molar-refractivity contribution in [1.29, 1.82) is 10.5 Å².